The van der Waals surface area contributed by atoms with Crippen LogP contribution in [0.5, 0.6) is 0 Å². The van der Waals surface area contributed by atoms with E-state index in [2.05, 4.69) is 16.5 Å². The van der Waals surface area contributed by atoms with Gasteiger partial charge in [-0.1, -0.05) is 41.9 Å². The molecule has 1 aliphatic rings. The maximum atomic E-state index is 13.5. The fourth-order valence-electron chi connectivity index (χ4n) is 3.87. The second-order valence-electron chi connectivity index (χ2n) is 7.77. The Morgan fingerprint density at radius 3 is 2.38 bits per heavy atom. The number of piperazine rings is 1. The number of sulfonamides is 1. The maximum absolute atomic E-state index is 13.5. The fourth-order valence-corrected chi connectivity index (χ4v) is 5.81. The topological polar surface area (TPSA) is 73.8 Å². The molecule has 34 heavy (non-hydrogen) atoms. The number of halogens is 1. The molecule has 7 nitrogen and oxygen atoms in total. The second kappa shape index (κ2) is 10.3. The quantitative estimate of drug-likeness (QED) is 0.461. The number of carbonyl (C=O) groups is 1. The highest BCUT2D eigenvalue weighted by atomic mass is 35.5. The highest BCUT2D eigenvalue weighted by Gasteiger charge is 2.29. The first-order valence-corrected chi connectivity index (χ1v) is 12.7. The van der Waals surface area contributed by atoms with Gasteiger partial charge in [-0.15, -0.1) is 6.58 Å². The summed E-state index contributed by atoms with van der Waals surface area (Å²) in [5.74, 6) is 0.640. The van der Waals surface area contributed by atoms with E-state index in [1.54, 1.807) is 41.4 Å². The van der Waals surface area contributed by atoms with Gasteiger partial charge >= 0.3 is 0 Å². The third kappa shape index (κ3) is 4.93. The van der Waals surface area contributed by atoms with Crippen molar-refractivity contribution in [2.45, 2.75) is 4.90 Å². The number of hydrogen-bond donors (Lipinski definition) is 0. The van der Waals surface area contributed by atoms with Crippen LogP contribution in [-0.4, -0.2) is 56.9 Å². The van der Waals surface area contributed by atoms with Crippen LogP contribution in [0.15, 0.2) is 90.5 Å². The van der Waals surface area contributed by atoms with Crippen LogP contribution in [0, 0.1) is 0 Å². The zero-order valence-electron chi connectivity index (χ0n) is 18.5. The molecule has 0 aliphatic carbocycles. The monoisotopic (exact) mass is 496 g/mol. The van der Waals surface area contributed by atoms with Crippen LogP contribution in [0.3, 0.4) is 0 Å². The summed E-state index contributed by atoms with van der Waals surface area (Å²) in [6.07, 6.45) is 3.25. The second-order valence-corrected chi connectivity index (χ2v) is 10.0. The standard InChI is InChI=1S/C25H25ClN4O3S/c1-2-14-30(21-8-4-3-5-9-21)34(32,33)23-19-20(11-12-22(23)26)25(31)29-17-15-28(16-18-29)24-10-6-7-13-27-24/h2-13,19H,1,14-18H2. The summed E-state index contributed by atoms with van der Waals surface area (Å²) in [4.78, 5) is 21.3. The number of benzene rings is 2. The van der Waals surface area contributed by atoms with Gasteiger partial charge in [0.1, 0.15) is 10.7 Å². The minimum atomic E-state index is -4.04. The summed E-state index contributed by atoms with van der Waals surface area (Å²) in [7, 11) is -4.04. The number of pyridine rings is 1. The summed E-state index contributed by atoms with van der Waals surface area (Å²) in [6.45, 7) is 6.04. The molecule has 2 aromatic carbocycles. The number of para-hydroxylation sites is 1. The van der Waals surface area contributed by atoms with Crippen molar-refractivity contribution in [3.63, 3.8) is 0 Å². The van der Waals surface area contributed by atoms with Crippen LogP contribution in [0.25, 0.3) is 0 Å². The summed E-state index contributed by atoms with van der Waals surface area (Å²) >= 11 is 6.32. The normalized spacial score (nSPS) is 14.0. The van der Waals surface area contributed by atoms with Crippen molar-refractivity contribution in [1.82, 2.24) is 9.88 Å². The Morgan fingerprint density at radius 1 is 1.03 bits per heavy atom. The van der Waals surface area contributed by atoms with E-state index in [1.165, 1.54) is 22.5 Å². The van der Waals surface area contributed by atoms with E-state index in [9.17, 15) is 13.2 Å². The largest absolute Gasteiger partial charge is 0.353 e. The van der Waals surface area contributed by atoms with Gasteiger partial charge in [0.2, 0.25) is 0 Å². The molecular weight excluding hydrogens is 472 g/mol. The smallest absolute Gasteiger partial charge is 0.266 e. The van der Waals surface area contributed by atoms with Crippen LogP contribution in [0.4, 0.5) is 11.5 Å². The third-order valence-corrected chi connectivity index (χ3v) is 7.90. The molecule has 0 atom stereocenters. The van der Waals surface area contributed by atoms with Gasteiger partial charge in [0.05, 0.1) is 17.3 Å². The average Bonchev–Trinajstić information content (AvgIpc) is 2.88. The van der Waals surface area contributed by atoms with E-state index >= 15 is 0 Å². The summed E-state index contributed by atoms with van der Waals surface area (Å²) in [5.41, 5.74) is 0.765. The number of anilines is 2. The Hall–Kier alpha value is -3.36. The van der Waals surface area contributed by atoms with Gasteiger partial charge in [-0.2, -0.15) is 0 Å². The molecule has 0 radical (unpaired) electrons. The van der Waals surface area contributed by atoms with E-state index < -0.39 is 10.0 Å². The van der Waals surface area contributed by atoms with Gasteiger partial charge in [-0.3, -0.25) is 9.10 Å². The van der Waals surface area contributed by atoms with Gasteiger partial charge in [-0.25, -0.2) is 13.4 Å². The molecule has 0 saturated carbocycles. The van der Waals surface area contributed by atoms with Gasteiger partial charge in [0.15, 0.2) is 0 Å². The van der Waals surface area contributed by atoms with Crippen molar-refractivity contribution in [1.29, 1.82) is 0 Å². The maximum Gasteiger partial charge on any atom is 0.266 e. The lowest BCUT2D eigenvalue weighted by Crippen LogP contribution is -2.49. The zero-order valence-corrected chi connectivity index (χ0v) is 20.1. The molecule has 176 valence electrons. The van der Waals surface area contributed by atoms with Crippen LogP contribution < -0.4 is 9.21 Å². The Balaban J connectivity index is 1.57. The molecule has 4 rings (SSSR count). The number of hydrogen-bond acceptors (Lipinski definition) is 5. The Labute approximate surface area is 204 Å². The highest BCUT2D eigenvalue weighted by molar-refractivity contribution is 7.93. The lowest BCUT2D eigenvalue weighted by Gasteiger charge is -2.35. The first-order chi connectivity index (χ1) is 16.4. The summed E-state index contributed by atoms with van der Waals surface area (Å²) < 4.78 is 28.3. The van der Waals surface area contributed by atoms with E-state index in [0.29, 0.717) is 31.9 Å². The molecule has 1 aromatic heterocycles. The van der Waals surface area contributed by atoms with Gasteiger partial charge in [0, 0.05) is 37.9 Å². The average molecular weight is 497 g/mol. The van der Waals surface area contributed by atoms with Gasteiger partial charge in [0.25, 0.3) is 15.9 Å². The first-order valence-electron chi connectivity index (χ1n) is 10.9. The molecule has 0 bridgehead atoms. The molecule has 0 spiro atoms. The number of carbonyl (C=O) groups excluding carboxylic acids is 1. The van der Waals surface area contributed by atoms with Crippen LogP contribution >= 0.6 is 11.6 Å². The van der Waals surface area contributed by atoms with Gasteiger partial charge < -0.3 is 9.80 Å². The number of amides is 1. The van der Waals surface area contributed by atoms with Crippen LogP contribution in [0.1, 0.15) is 10.4 Å². The Kier molecular flexibility index (Phi) is 7.19. The first kappa shape index (κ1) is 23.8. The third-order valence-electron chi connectivity index (χ3n) is 5.63. The number of aromatic nitrogens is 1. The minimum Gasteiger partial charge on any atom is -0.353 e. The van der Waals surface area contributed by atoms with Gasteiger partial charge in [-0.05, 0) is 42.5 Å². The highest BCUT2D eigenvalue weighted by Crippen LogP contribution is 2.30. The van der Waals surface area contributed by atoms with Crippen molar-refractivity contribution < 1.29 is 13.2 Å². The molecule has 0 N–H and O–H groups in total. The van der Waals surface area contributed by atoms with Crippen LogP contribution in [0.2, 0.25) is 5.02 Å². The van der Waals surface area contributed by atoms with Crippen molar-refractivity contribution in [2.75, 3.05) is 41.9 Å². The number of rotatable bonds is 7. The molecule has 0 unspecified atom stereocenters. The zero-order chi connectivity index (χ0) is 24.1. The molecule has 1 amide bonds. The minimum absolute atomic E-state index is 0.0570. The van der Waals surface area contributed by atoms with E-state index in [4.69, 9.17) is 11.6 Å². The molecule has 3 aromatic rings. The van der Waals surface area contributed by atoms with Crippen molar-refractivity contribution in [3.05, 3.63) is 96.2 Å². The van der Waals surface area contributed by atoms with E-state index in [0.717, 1.165) is 5.82 Å². The lowest BCUT2D eigenvalue weighted by molar-refractivity contribution is 0.0746. The van der Waals surface area contributed by atoms with Crippen molar-refractivity contribution >= 4 is 39.0 Å². The van der Waals surface area contributed by atoms with Crippen molar-refractivity contribution in [2.24, 2.45) is 0 Å². The summed E-state index contributed by atoms with van der Waals surface area (Å²) in [6, 6.07) is 18.8. The number of nitrogens with zero attached hydrogens (tertiary/aromatic N) is 4. The van der Waals surface area contributed by atoms with Crippen molar-refractivity contribution in [3.8, 4) is 0 Å². The SMILES string of the molecule is C=CCN(c1ccccc1)S(=O)(=O)c1cc(C(=O)N2CCN(c3ccccn3)CC2)ccc1Cl. The molecule has 9 heteroatoms. The fraction of sp³-hybridized carbons (Fsp3) is 0.200. The predicted molar refractivity (Wildman–Crippen MR) is 135 cm³/mol. The molecular formula is C25H25ClN4O3S. The molecule has 1 fully saturated rings. The Bertz CT molecular complexity index is 1260. The summed E-state index contributed by atoms with van der Waals surface area (Å²) in [5, 5.41) is 0.0570. The van der Waals surface area contributed by atoms with Crippen LogP contribution in [-0.2, 0) is 10.0 Å². The molecule has 2 heterocycles. The molecule has 1 saturated heterocycles. The Morgan fingerprint density at radius 2 is 1.74 bits per heavy atom. The molecule has 1 aliphatic heterocycles. The van der Waals surface area contributed by atoms with E-state index in [1.807, 2.05) is 24.3 Å². The lowest BCUT2D eigenvalue weighted by atomic mass is 10.2. The van der Waals surface area contributed by atoms with E-state index in [-0.39, 0.29) is 27.9 Å². The predicted octanol–water partition coefficient (Wildman–Crippen LogP) is 4.08.